The predicted octanol–water partition coefficient (Wildman–Crippen LogP) is 4.05. The molecule has 1 saturated heterocycles. The molecule has 23 heavy (non-hydrogen) atoms. The van der Waals surface area contributed by atoms with Crippen LogP contribution >= 0.6 is 11.8 Å². The number of hydrogen-bond donors (Lipinski definition) is 0. The summed E-state index contributed by atoms with van der Waals surface area (Å²) in [6, 6.07) is 11.3. The average Bonchev–Trinajstić information content (AvgIpc) is 3.21. The van der Waals surface area contributed by atoms with E-state index in [1.54, 1.807) is 0 Å². The van der Waals surface area contributed by atoms with E-state index in [2.05, 4.69) is 65.7 Å². The fraction of sp³-hybridized carbons (Fsp3) is 0.444. The molecule has 0 radical (unpaired) electrons. The molecular weight excluding hydrogens is 304 g/mol. The predicted molar refractivity (Wildman–Crippen MR) is 95.7 cm³/mol. The number of hydrogen-bond acceptors (Lipinski definition) is 4. The van der Waals surface area contributed by atoms with Crippen LogP contribution in [0.4, 0.5) is 0 Å². The first-order valence-corrected chi connectivity index (χ1v) is 9.12. The van der Waals surface area contributed by atoms with E-state index in [0.29, 0.717) is 11.3 Å². The number of aromatic nitrogens is 2. The summed E-state index contributed by atoms with van der Waals surface area (Å²) in [5, 5.41) is 1.78. The lowest BCUT2D eigenvalue weighted by Crippen LogP contribution is -2.30. The second kappa shape index (κ2) is 5.71. The average molecular weight is 326 g/mol. The first kappa shape index (κ1) is 14.8. The molecule has 0 bridgehead atoms. The van der Waals surface area contributed by atoms with E-state index in [4.69, 9.17) is 4.99 Å². The Morgan fingerprint density at radius 3 is 2.83 bits per heavy atom. The summed E-state index contributed by atoms with van der Waals surface area (Å²) in [5.74, 6) is 0. The maximum Gasteiger partial charge on any atom is 0.160 e. The summed E-state index contributed by atoms with van der Waals surface area (Å²) >= 11 is 1.89. The van der Waals surface area contributed by atoms with E-state index in [9.17, 15) is 0 Å². The zero-order chi connectivity index (χ0) is 16.0. The standard InChI is InChI=1S/C18H22N4S/c1-12(2)21-10-6-8-15(21)17-16(14-7-4-5-9-19-14)20-18-22(17)11-13(3)23-18/h4-10,12-13,16-17H,11H2,1-3H3/t13-,16-,17+/m1/s1. The summed E-state index contributed by atoms with van der Waals surface area (Å²) in [5.41, 5.74) is 2.40. The third-order valence-electron chi connectivity index (χ3n) is 4.55. The molecule has 2 aromatic heterocycles. The highest BCUT2D eigenvalue weighted by atomic mass is 32.2. The Morgan fingerprint density at radius 1 is 1.22 bits per heavy atom. The maximum atomic E-state index is 5.04. The highest BCUT2D eigenvalue weighted by Gasteiger charge is 2.44. The fourth-order valence-corrected chi connectivity index (χ4v) is 4.66. The van der Waals surface area contributed by atoms with Gasteiger partial charge >= 0.3 is 0 Å². The van der Waals surface area contributed by atoms with Crippen LogP contribution in [-0.2, 0) is 0 Å². The Bertz CT molecular complexity index is 722. The number of thioether (sulfide) groups is 1. The van der Waals surface area contributed by atoms with Crippen molar-refractivity contribution in [3.05, 3.63) is 54.1 Å². The van der Waals surface area contributed by atoms with Gasteiger partial charge in [0.2, 0.25) is 0 Å². The topological polar surface area (TPSA) is 33.4 Å². The Kier molecular flexibility index (Phi) is 3.68. The molecule has 4 nitrogen and oxygen atoms in total. The molecule has 1 fully saturated rings. The molecule has 0 unspecified atom stereocenters. The molecule has 4 heterocycles. The second-order valence-electron chi connectivity index (χ2n) is 6.57. The number of fused-ring (bicyclic) bond motifs is 1. The third-order valence-corrected chi connectivity index (χ3v) is 5.65. The van der Waals surface area contributed by atoms with Crippen molar-refractivity contribution in [1.29, 1.82) is 0 Å². The first-order valence-electron chi connectivity index (χ1n) is 8.24. The minimum atomic E-state index is 0.0820. The van der Waals surface area contributed by atoms with Gasteiger partial charge in [-0.1, -0.05) is 24.8 Å². The summed E-state index contributed by atoms with van der Waals surface area (Å²) < 4.78 is 2.37. The molecule has 0 aliphatic carbocycles. The van der Waals surface area contributed by atoms with Crippen LogP contribution in [0.15, 0.2) is 47.7 Å². The van der Waals surface area contributed by atoms with Crippen LogP contribution in [0, 0.1) is 0 Å². The lowest BCUT2D eigenvalue weighted by atomic mass is 10.0. The molecule has 120 valence electrons. The van der Waals surface area contributed by atoms with Gasteiger partial charge in [0.1, 0.15) is 6.04 Å². The van der Waals surface area contributed by atoms with E-state index in [-0.39, 0.29) is 12.1 Å². The highest BCUT2D eigenvalue weighted by Crippen LogP contribution is 2.47. The Labute approximate surface area is 141 Å². The van der Waals surface area contributed by atoms with Crippen molar-refractivity contribution >= 4 is 16.9 Å². The second-order valence-corrected chi connectivity index (χ2v) is 7.98. The van der Waals surface area contributed by atoms with E-state index in [1.165, 1.54) is 10.9 Å². The number of pyridine rings is 1. The van der Waals surface area contributed by atoms with Gasteiger partial charge < -0.3 is 9.47 Å². The van der Waals surface area contributed by atoms with Crippen LogP contribution in [0.5, 0.6) is 0 Å². The number of amidine groups is 1. The quantitative estimate of drug-likeness (QED) is 0.853. The van der Waals surface area contributed by atoms with Crippen molar-refractivity contribution in [2.45, 2.75) is 44.1 Å². The highest BCUT2D eigenvalue weighted by molar-refractivity contribution is 8.14. The van der Waals surface area contributed by atoms with Crippen LogP contribution in [0.25, 0.3) is 0 Å². The van der Waals surface area contributed by atoms with Gasteiger partial charge in [-0.3, -0.25) is 9.98 Å². The fourth-order valence-electron chi connectivity index (χ4n) is 3.57. The summed E-state index contributed by atoms with van der Waals surface area (Å²) in [7, 11) is 0. The summed E-state index contributed by atoms with van der Waals surface area (Å²) in [6.45, 7) is 7.80. The van der Waals surface area contributed by atoms with Crippen LogP contribution in [0.2, 0.25) is 0 Å². The maximum absolute atomic E-state index is 5.04. The largest absolute Gasteiger partial charge is 0.347 e. The molecular formula is C18H22N4S. The Hall–Kier alpha value is -1.75. The van der Waals surface area contributed by atoms with Crippen molar-refractivity contribution in [3.8, 4) is 0 Å². The van der Waals surface area contributed by atoms with Gasteiger partial charge in [-0.25, -0.2) is 0 Å². The van der Waals surface area contributed by atoms with E-state index in [1.807, 2.05) is 24.0 Å². The first-order chi connectivity index (χ1) is 11.1. The van der Waals surface area contributed by atoms with Gasteiger partial charge in [0.05, 0.1) is 11.7 Å². The normalized spacial score (nSPS) is 26.7. The van der Waals surface area contributed by atoms with Gasteiger partial charge in [-0.05, 0) is 38.1 Å². The van der Waals surface area contributed by atoms with E-state index in [0.717, 1.165) is 12.2 Å². The molecule has 0 N–H and O–H groups in total. The van der Waals surface area contributed by atoms with Crippen molar-refractivity contribution in [1.82, 2.24) is 14.5 Å². The molecule has 0 spiro atoms. The minimum Gasteiger partial charge on any atom is -0.347 e. The third kappa shape index (κ3) is 2.47. The van der Waals surface area contributed by atoms with E-state index >= 15 is 0 Å². The van der Waals surface area contributed by atoms with Gasteiger partial charge in [-0.2, -0.15) is 0 Å². The number of rotatable bonds is 3. The van der Waals surface area contributed by atoms with Gasteiger partial charge in [0.25, 0.3) is 0 Å². The lowest BCUT2D eigenvalue weighted by Gasteiger charge is -2.29. The van der Waals surface area contributed by atoms with Crippen molar-refractivity contribution < 1.29 is 0 Å². The monoisotopic (exact) mass is 326 g/mol. The van der Waals surface area contributed by atoms with E-state index < -0.39 is 0 Å². The van der Waals surface area contributed by atoms with Crippen LogP contribution < -0.4 is 0 Å². The molecule has 0 aromatic carbocycles. The molecule has 2 aliphatic rings. The Balaban J connectivity index is 1.79. The van der Waals surface area contributed by atoms with Gasteiger partial charge in [0.15, 0.2) is 5.17 Å². The minimum absolute atomic E-state index is 0.0820. The lowest BCUT2D eigenvalue weighted by molar-refractivity contribution is 0.302. The van der Waals surface area contributed by atoms with Gasteiger partial charge in [0, 0.05) is 35.9 Å². The molecule has 0 saturated carbocycles. The molecule has 3 atom stereocenters. The van der Waals surface area contributed by atoms with Crippen molar-refractivity contribution in [3.63, 3.8) is 0 Å². The zero-order valence-corrected chi connectivity index (χ0v) is 14.6. The number of nitrogens with zero attached hydrogens (tertiary/aromatic N) is 4. The smallest absolute Gasteiger partial charge is 0.160 e. The number of aliphatic imine (C=N–C) groups is 1. The van der Waals surface area contributed by atoms with Crippen molar-refractivity contribution in [2.75, 3.05) is 6.54 Å². The summed E-state index contributed by atoms with van der Waals surface area (Å²) in [6.07, 6.45) is 4.05. The molecule has 2 aromatic rings. The van der Waals surface area contributed by atoms with Crippen LogP contribution in [0.1, 0.15) is 50.3 Å². The summed E-state index contributed by atoms with van der Waals surface area (Å²) in [4.78, 5) is 12.1. The van der Waals surface area contributed by atoms with Crippen LogP contribution in [-0.4, -0.2) is 31.4 Å². The molecule has 2 aliphatic heterocycles. The van der Waals surface area contributed by atoms with Crippen molar-refractivity contribution in [2.24, 2.45) is 4.99 Å². The SMILES string of the molecule is CC(C)n1cccc1[C@H]1[C@@H](c2ccccn2)N=C2S[C@H](C)CN21. The molecule has 4 rings (SSSR count). The molecule has 5 heteroatoms. The zero-order valence-electron chi connectivity index (χ0n) is 13.8. The molecule has 0 amide bonds. The van der Waals surface area contributed by atoms with Crippen LogP contribution in [0.3, 0.4) is 0 Å². The Morgan fingerprint density at radius 2 is 2.09 bits per heavy atom. The van der Waals surface area contributed by atoms with Gasteiger partial charge in [-0.15, -0.1) is 0 Å².